The van der Waals surface area contributed by atoms with E-state index in [-0.39, 0.29) is 23.2 Å². The third-order valence-corrected chi connectivity index (χ3v) is 7.35. The molecule has 28 heavy (non-hydrogen) atoms. The van der Waals surface area contributed by atoms with Crippen LogP contribution in [-0.4, -0.2) is 48.0 Å². The second-order valence-electron chi connectivity index (χ2n) is 9.21. The van der Waals surface area contributed by atoms with Crippen molar-refractivity contribution in [2.45, 2.75) is 70.0 Å². The van der Waals surface area contributed by atoms with Gasteiger partial charge in [-0.05, 0) is 62.2 Å². The Bertz CT molecular complexity index is 571. The second-order valence-corrected chi connectivity index (χ2v) is 9.77. The fraction of sp³-hybridized carbons (Fsp3) is 0.783. The highest BCUT2D eigenvalue weighted by molar-refractivity contribution is 6.21. The SMILES string of the molecule is CC(C)[C@@H](NCC1C=CC=CC1)C(=O)N1CCC(C2CCC(Cl)C(F)C2)CC1. The van der Waals surface area contributed by atoms with Gasteiger partial charge in [0.25, 0.3) is 0 Å². The van der Waals surface area contributed by atoms with Crippen LogP contribution in [0.5, 0.6) is 0 Å². The lowest BCUT2D eigenvalue weighted by Gasteiger charge is -2.40. The maximum atomic E-state index is 14.0. The van der Waals surface area contributed by atoms with Crippen LogP contribution in [0.15, 0.2) is 24.3 Å². The van der Waals surface area contributed by atoms with E-state index in [9.17, 15) is 9.18 Å². The van der Waals surface area contributed by atoms with Gasteiger partial charge in [-0.3, -0.25) is 4.79 Å². The van der Waals surface area contributed by atoms with Crippen molar-refractivity contribution in [3.8, 4) is 0 Å². The Morgan fingerprint density at radius 1 is 1.18 bits per heavy atom. The number of nitrogens with one attached hydrogen (secondary N) is 1. The number of likely N-dealkylation sites (tertiary alicyclic amines) is 1. The molecular weight excluding hydrogens is 375 g/mol. The standard InChI is InChI=1S/C23H36ClFN2O/c1-16(2)22(26-15-17-6-4-3-5-7-17)23(28)27-12-10-18(11-13-27)19-8-9-20(24)21(25)14-19/h3-6,16-22,26H,7-15H2,1-2H3/t17?,19?,20?,21?,22-/m1/s1. The Balaban J connectivity index is 1.48. The number of piperidine rings is 1. The molecule has 3 nitrogen and oxygen atoms in total. The third kappa shape index (κ3) is 5.60. The molecule has 0 radical (unpaired) electrons. The first-order chi connectivity index (χ1) is 13.5. The van der Waals surface area contributed by atoms with E-state index in [2.05, 4.69) is 43.5 Å². The van der Waals surface area contributed by atoms with Gasteiger partial charge in [-0.1, -0.05) is 38.2 Å². The molecule has 5 atom stereocenters. The van der Waals surface area contributed by atoms with E-state index in [1.807, 2.05) is 4.90 Å². The molecule has 0 aromatic carbocycles. The van der Waals surface area contributed by atoms with Crippen molar-refractivity contribution >= 4 is 17.5 Å². The minimum Gasteiger partial charge on any atom is -0.341 e. The van der Waals surface area contributed by atoms with Crippen LogP contribution < -0.4 is 5.32 Å². The molecule has 0 bridgehead atoms. The summed E-state index contributed by atoms with van der Waals surface area (Å²) in [6, 6.07) is -0.127. The lowest BCUT2D eigenvalue weighted by Crippen LogP contribution is -2.52. The maximum absolute atomic E-state index is 14.0. The lowest BCUT2D eigenvalue weighted by atomic mass is 9.75. The summed E-state index contributed by atoms with van der Waals surface area (Å²) in [7, 11) is 0. The van der Waals surface area contributed by atoms with Crippen molar-refractivity contribution in [1.82, 2.24) is 10.2 Å². The van der Waals surface area contributed by atoms with Crippen molar-refractivity contribution < 1.29 is 9.18 Å². The highest BCUT2D eigenvalue weighted by Gasteiger charge is 2.36. The van der Waals surface area contributed by atoms with Gasteiger partial charge in [-0.15, -0.1) is 11.6 Å². The largest absolute Gasteiger partial charge is 0.341 e. The number of nitrogens with zero attached hydrogens (tertiary/aromatic N) is 1. The van der Waals surface area contributed by atoms with Crippen LogP contribution in [0.3, 0.4) is 0 Å². The van der Waals surface area contributed by atoms with Gasteiger partial charge < -0.3 is 10.2 Å². The second kappa shape index (κ2) is 10.2. The highest BCUT2D eigenvalue weighted by Crippen LogP contribution is 2.38. The number of halogens is 2. The third-order valence-electron chi connectivity index (χ3n) is 6.85. The Kier molecular flexibility index (Phi) is 7.99. The quantitative estimate of drug-likeness (QED) is 0.642. The number of allylic oxidation sites excluding steroid dienone is 3. The summed E-state index contributed by atoms with van der Waals surface area (Å²) in [6.07, 6.45) is 13.2. The topological polar surface area (TPSA) is 32.3 Å². The number of rotatable bonds is 6. The molecule has 1 aliphatic heterocycles. The number of hydrogen-bond acceptors (Lipinski definition) is 2. The van der Waals surface area contributed by atoms with Crippen LogP contribution in [0.1, 0.15) is 52.4 Å². The van der Waals surface area contributed by atoms with Gasteiger partial charge in [0.15, 0.2) is 0 Å². The van der Waals surface area contributed by atoms with E-state index in [1.165, 1.54) is 0 Å². The molecule has 1 saturated carbocycles. The first kappa shape index (κ1) is 21.8. The molecule has 0 spiro atoms. The Morgan fingerprint density at radius 3 is 2.54 bits per heavy atom. The van der Waals surface area contributed by atoms with E-state index < -0.39 is 6.17 Å². The van der Waals surface area contributed by atoms with Crippen LogP contribution in [-0.2, 0) is 4.79 Å². The molecule has 1 heterocycles. The van der Waals surface area contributed by atoms with Crippen molar-refractivity contribution in [2.75, 3.05) is 19.6 Å². The zero-order valence-corrected chi connectivity index (χ0v) is 18.1. The monoisotopic (exact) mass is 410 g/mol. The fourth-order valence-electron chi connectivity index (χ4n) is 4.99. The number of carbonyl (C=O) groups is 1. The summed E-state index contributed by atoms with van der Waals surface area (Å²) in [6.45, 7) is 6.68. The minimum atomic E-state index is -0.863. The molecule has 1 amide bonds. The van der Waals surface area contributed by atoms with Crippen molar-refractivity contribution in [3.05, 3.63) is 24.3 Å². The van der Waals surface area contributed by atoms with E-state index >= 15 is 0 Å². The molecule has 3 aliphatic rings. The van der Waals surface area contributed by atoms with E-state index in [1.54, 1.807) is 0 Å². The lowest BCUT2D eigenvalue weighted by molar-refractivity contribution is -0.136. The normalized spacial score (nSPS) is 32.7. The minimum absolute atomic E-state index is 0.127. The van der Waals surface area contributed by atoms with E-state index in [0.717, 1.165) is 51.7 Å². The first-order valence-electron chi connectivity index (χ1n) is 11.1. The summed E-state index contributed by atoms with van der Waals surface area (Å²) >= 11 is 6.04. The average Bonchev–Trinajstić information content (AvgIpc) is 2.71. The molecular formula is C23H36ClFN2O. The average molecular weight is 411 g/mol. The number of amides is 1. The number of alkyl halides is 2. The van der Waals surface area contributed by atoms with Crippen molar-refractivity contribution in [1.29, 1.82) is 0 Å². The summed E-state index contributed by atoms with van der Waals surface area (Å²) in [5, 5.41) is 3.23. The summed E-state index contributed by atoms with van der Waals surface area (Å²) in [4.78, 5) is 15.2. The molecule has 3 rings (SSSR count). The Morgan fingerprint density at radius 2 is 1.93 bits per heavy atom. The summed E-state index contributed by atoms with van der Waals surface area (Å²) in [5.74, 6) is 1.94. The van der Waals surface area contributed by atoms with Crippen LogP contribution >= 0.6 is 11.6 Å². The molecule has 158 valence electrons. The van der Waals surface area contributed by atoms with Gasteiger partial charge in [-0.25, -0.2) is 4.39 Å². The molecule has 0 aromatic rings. The van der Waals surface area contributed by atoms with Gasteiger partial charge in [-0.2, -0.15) is 0 Å². The predicted octanol–water partition coefficient (Wildman–Crippen LogP) is 4.72. The van der Waals surface area contributed by atoms with Crippen LogP contribution in [0.2, 0.25) is 0 Å². The molecule has 1 N–H and O–H groups in total. The zero-order chi connectivity index (χ0) is 20.1. The van der Waals surface area contributed by atoms with Crippen LogP contribution in [0.4, 0.5) is 4.39 Å². The van der Waals surface area contributed by atoms with E-state index in [0.29, 0.717) is 24.2 Å². The van der Waals surface area contributed by atoms with Gasteiger partial charge >= 0.3 is 0 Å². The smallest absolute Gasteiger partial charge is 0.239 e. The fourth-order valence-corrected chi connectivity index (χ4v) is 5.22. The highest BCUT2D eigenvalue weighted by atomic mass is 35.5. The summed E-state index contributed by atoms with van der Waals surface area (Å²) in [5.41, 5.74) is 0. The number of carbonyl (C=O) groups excluding carboxylic acids is 1. The Hall–Kier alpha value is -0.870. The van der Waals surface area contributed by atoms with Gasteiger partial charge in [0.2, 0.25) is 5.91 Å². The molecule has 1 saturated heterocycles. The Labute approximate surface area is 174 Å². The molecule has 2 fully saturated rings. The molecule has 5 heteroatoms. The van der Waals surface area contributed by atoms with Gasteiger partial charge in [0.1, 0.15) is 6.17 Å². The predicted molar refractivity (Wildman–Crippen MR) is 114 cm³/mol. The zero-order valence-electron chi connectivity index (χ0n) is 17.3. The van der Waals surface area contributed by atoms with Crippen LogP contribution in [0.25, 0.3) is 0 Å². The molecule has 0 aromatic heterocycles. The van der Waals surface area contributed by atoms with Crippen molar-refractivity contribution in [3.63, 3.8) is 0 Å². The molecule has 2 aliphatic carbocycles. The molecule has 4 unspecified atom stereocenters. The summed E-state index contributed by atoms with van der Waals surface area (Å²) < 4.78 is 14.0. The maximum Gasteiger partial charge on any atom is 0.239 e. The van der Waals surface area contributed by atoms with Gasteiger partial charge in [0.05, 0.1) is 11.4 Å². The number of hydrogen-bond donors (Lipinski definition) is 1. The van der Waals surface area contributed by atoms with Crippen LogP contribution in [0, 0.1) is 23.7 Å². The van der Waals surface area contributed by atoms with E-state index in [4.69, 9.17) is 11.6 Å². The first-order valence-corrected chi connectivity index (χ1v) is 11.5. The van der Waals surface area contributed by atoms with Gasteiger partial charge in [0, 0.05) is 19.6 Å². The van der Waals surface area contributed by atoms with Crippen molar-refractivity contribution in [2.24, 2.45) is 23.7 Å².